The number of rotatable bonds is 3. The van der Waals surface area contributed by atoms with E-state index in [9.17, 15) is 4.79 Å². The molecule has 1 N–H and O–H groups in total. The van der Waals surface area contributed by atoms with Gasteiger partial charge in [-0.25, -0.2) is 5.43 Å². The van der Waals surface area contributed by atoms with E-state index in [2.05, 4.69) is 10.5 Å². The van der Waals surface area contributed by atoms with E-state index in [0.29, 0.717) is 15.6 Å². The number of thiophene rings is 1. The highest BCUT2D eigenvalue weighted by atomic mass is 35.5. The molecule has 0 aliphatic rings. The summed E-state index contributed by atoms with van der Waals surface area (Å²) in [5, 5.41) is 6.51. The van der Waals surface area contributed by atoms with E-state index in [1.54, 1.807) is 19.1 Å². The predicted molar refractivity (Wildman–Crippen MR) is 75.4 cm³/mol. The third-order valence-corrected chi connectivity index (χ3v) is 3.53. The molecule has 1 amide bonds. The molecule has 0 fully saturated rings. The van der Waals surface area contributed by atoms with E-state index < -0.39 is 0 Å². The lowest BCUT2D eigenvalue weighted by Crippen LogP contribution is -2.18. The van der Waals surface area contributed by atoms with Crippen molar-refractivity contribution in [2.75, 3.05) is 0 Å². The van der Waals surface area contributed by atoms with Crippen LogP contribution >= 0.6 is 22.9 Å². The molecule has 0 saturated carbocycles. The van der Waals surface area contributed by atoms with Crippen LogP contribution in [0.15, 0.2) is 46.9 Å². The number of hydrazone groups is 1. The minimum absolute atomic E-state index is 0.212. The summed E-state index contributed by atoms with van der Waals surface area (Å²) < 4.78 is 0. The topological polar surface area (TPSA) is 41.5 Å². The molecule has 0 bridgehead atoms. The predicted octanol–water partition coefficient (Wildman–Crippen LogP) is 3.56. The van der Waals surface area contributed by atoms with Gasteiger partial charge in [0.25, 0.3) is 5.91 Å². The number of halogens is 1. The molecule has 0 aliphatic heterocycles. The van der Waals surface area contributed by atoms with Gasteiger partial charge in [-0.2, -0.15) is 5.10 Å². The Morgan fingerprint density at radius 2 is 2.06 bits per heavy atom. The molecule has 0 spiro atoms. The van der Waals surface area contributed by atoms with E-state index in [-0.39, 0.29) is 5.91 Å². The van der Waals surface area contributed by atoms with Crippen LogP contribution < -0.4 is 5.43 Å². The maximum Gasteiger partial charge on any atom is 0.281 e. The molecule has 1 heterocycles. The number of carbonyl (C=O) groups is 1. The Morgan fingerprint density at radius 1 is 1.28 bits per heavy atom. The van der Waals surface area contributed by atoms with Gasteiger partial charge >= 0.3 is 0 Å². The Morgan fingerprint density at radius 3 is 2.72 bits per heavy atom. The van der Waals surface area contributed by atoms with Crippen molar-refractivity contribution >= 4 is 34.6 Å². The maximum atomic E-state index is 11.7. The summed E-state index contributed by atoms with van der Waals surface area (Å²) in [4.78, 5) is 12.3. The van der Waals surface area contributed by atoms with Crippen molar-refractivity contribution in [3.63, 3.8) is 0 Å². The first-order valence-corrected chi connectivity index (χ1v) is 6.57. The lowest BCUT2D eigenvalue weighted by molar-refractivity contribution is 0.0959. The van der Waals surface area contributed by atoms with Crippen LogP contribution in [-0.2, 0) is 0 Å². The molecule has 0 radical (unpaired) electrons. The largest absolute Gasteiger partial charge is 0.281 e. The number of hydrogen-bond donors (Lipinski definition) is 1. The molecule has 2 aromatic rings. The van der Waals surface area contributed by atoms with Gasteiger partial charge in [-0.05, 0) is 24.4 Å². The van der Waals surface area contributed by atoms with Crippen molar-refractivity contribution in [1.29, 1.82) is 0 Å². The molecular weight excluding hydrogens is 268 g/mol. The summed E-state index contributed by atoms with van der Waals surface area (Å²) in [6.07, 6.45) is 0. The highest BCUT2D eigenvalue weighted by Gasteiger charge is 2.06. The summed E-state index contributed by atoms with van der Waals surface area (Å²) in [5.74, 6) is -0.212. The molecule has 5 heteroatoms. The number of carbonyl (C=O) groups excluding carboxylic acids is 1. The Hall–Kier alpha value is -1.65. The van der Waals surface area contributed by atoms with Gasteiger partial charge in [0, 0.05) is 10.6 Å². The van der Waals surface area contributed by atoms with E-state index in [4.69, 9.17) is 11.6 Å². The molecule has 0 aliphatic carbocycles. The van der Waals surface area contributed by atoms with E-state index in [0.717, 1.165) is 5.56 Å². The molecular formula is C13H11ClN2OS. The molecule has 0 atom stereocenters. The molecule has 2 rings (SSSR count). The van der Waals surface area contributed by atoms with Gasteiger partial charge in [-0.1, -0.05) is 35.9 Å². The summed E-state index contributed by atoms with van der Waals surface area (Å²) in [6.45, 7) is 1.80. The Balaban J connectivity index is 2.11. The zero-order valence-corrected chi connectivity index (χ0v) is 11.3. The van der Waals surface area contributed by atoms with E-state index in [1.165, 1.54) is 11.3 Å². The van der Waals surface area contributed by atoms with Crippen molar-refractivity contribution in [1.82, 2.24) is 5.43 Å². The average Bonchev–Trinajstić information content (AvgIpc) is 2.90. The first kappa shape index (κ1) is 12.8. The fourth-order valence-corrected chi connectivity index (χ4v) is 2.30. The van der Waals surface area contributed by atoms with Crippen LogP contribution in [0.25, 0.3) is 0 Å². The number of hydrogen-bond acceptors (Lipinski definition) is 3. The lowest BCUT2D eigenvalue weighted by atomic mass is 10.1. The molecule has 0 saturated heterocycles. The average molecular weight is 279 g/mol. The highest BCUT2D eigenvalue weighted by molar-refractivity contribution is 7.12. The minimum atomic E-state index is -0.212. The second-order valence-corrected chi connectivity index (χ2v) is 4.95. The Bertz CT molecular complexity index is 578. The summed E-state index contributed by atoms with van der Waals surface area (Å²) in [7, 11) is 0. The number of nitrogens with one attached hydrogen (secondary N) is 1. The summed E-state index contributed by atoms with van der Waals surface area (Å²) in [6, 6.07) is 10.9. The zero-order chi connectivity index (χ0) is 13.0. The molecule has 3 nitrogen and oxygen atoms in total. The fraction of sp³-hybridized carbons (Fsp3) is 0.0769. The van der Waals surface area contributed by atoms with Gasteiger partial charge in [-0.15, -0.1) is 11.3 Å². The molecule has 92 valence electrons. The quantitative estimate of drug-likeness (QED) is 0.677. The third kappa shape index (κ3) is 2.97. The van der Waals surface area contributed by atoms with Gasteiger partial charge < -0.3 is 0 Å². The SMILES string of the molecule is C/C(=N/NC(=O)c1cccs1)c1ccccc1Cl. The van der Waals surface area contributed by atoms with Crippen molar-refractivity contribution in [3.8, 4) is 0 Å². The first-order valence-electron chi connectivity index (χ1n) is 5.31. The minimum Gasteiger partial charge on any atom is -0.266 e. The molecule has 1 aromatic heterocycles. The van der Waals surface area contributed by atoms with Gasteiger partial charge in [0.1, 0.15) is 0 Å². The molecule has 1 aromatic carbocycles. The smallest absolute Gasteiger partial charge is 0.266 e. The Kier molecular flexibility index (Phi) is 4.12. The normalized spacial score (nSPS) is 11.3. The van der Waals surface area contributed by atoms with Gasteiger partial charge in [-0.3, -0.25) is 4.79 Å². The third-order valence-electron chi connectivity index (χ3n) is 2.33. The highest BCUT2D eigenvalue weighted by Crippen LogP contribution is 2.15. The lowest BCUT2D eigenvalue weighted by Gasteiger charge is -2.03. The fourth-order valence-electron chi connectivity index (χ4n) is 1.41. The zero-order valence-electron chi connectivity index (χ0n) is 9.68. The van der Waals surface area contributed by atoms with Crippen LogP contribution in [0.2, 0.25) is 5.02 Å². The van der Waals surface area contributed by atoms with Gasteiger partial charge in [0.15, 0.2) is 0 Å². The number of benzene rings is 1. The monoisotopic (exact) mass is 278 g/mol. The summed E-state index contributed by atoms with van der Waals surface area (Å²) in [5.41, 5.74) is 3.99. The van der Waals surface area contributed by atoms with Crippen LogP contribution in [0.4, 0.5) is 0 Å². The van der Waals surface area contributed by atoms with Crippen molar-refractivity contribution in [2.24, 2.45) is 5.10 Å². The van der Waals surface area contributed by atoms with Crippen molar-refractivity contribution in [2.45, 2.75) is 6.92 Å². The number of amides is 1. The Labute approximate surface area is 114 Å². The maximum absolute atomic E-state index is 11.7. The van der Waals surface area contributed by atoms with Crippen LogP contribution in [0, 0.1) is 0 Å². The van der Waals surface area contributed by atoms with Gasteiger partial charge in [0.2, 0.25) is 0 Å². The molecule has 18 heavy (non-hydrogen) atoms. The molecule has 0 unspecified atom stereocenters. The van der Waals surface area contributed by atoms with Crippen LogP contribution in [0.1, 0.15) is 22.2 Å². The first-order chi connectivity index (χ1) is 8.68. The van der Waals surface area contributed by atoms with Crippen molar-refractivity contribution in [3.05, 3.63) is 57.2 Å². The number of nitrogens with zero attached hydrogens (tertiary/aromatic N) is 1. The van der Waals surface area contributed by atoms with Crippen LogP contribution in [-0.4, -0.2) is 11.6 Å². The van der Waals surface area contributed by atoms with E-state index >= 15 is 0 Å². The standard InChI is InChI=1S/C13H11ClN2OS/c1-9(10-5-2-3-6-11(10)14)15-16-13(17)12-7-4-8-18-12/h2-8H,1H3,(H,16,17)/b15-9-. The second-order valence-electron chi connectivity index (χ2n) is 3.60. The van der Waals surface area contributed by atoms with E-state index in [1.807, 2.05) is 29.6 Å². The summed E-state index contributed by atoms with van der Waals surface area (Å²) >= 11 is 7.42. The van der Waals surface area contributed by atoms with Crippen molar-refractivity contribution < 1.29 is 4.79 Å². The second kappa shape index (κ2) is 5.80. The van der Waals surface area contributed by atoms with Gasteiger partial charge in [0.05, 0.1) is 10.6 Å². The van der Waals surface area contributed by atoms with Crippen LogP contribution in [0.3, 0.4) is 0 Å². The van der Waals surface area contributed by atoms with Crippen LogP contribution in [0.5, 0.6) is 0 Å².